The molecule has 0 fully saturated rings. The monoisotopic (exact) mass is 312 g/mol. The van der Waals surface area contributed by atoms with E-state index in [1.54, 1.807) is 0 Å². The Labute approximate surface area is 118 Å². The minimum absolute atomic E-state index is 0.100. The second kappa shape index (κ2) is 6.18. The van der Waals surface area contributed by atoms with Gasteiger partial charge in [-0.3, -0.25) is 0 Å². The van der Waals surface area contributed by atoms with Gasteiger partial charge in [-0.1, -0.05) is 54.0 Å². The maximum absolute atomic E-state index is 6.03. The quantitative estimate of drug-likeness (QED) is 0.602. The number of alkyl halides is 1. The molecule has 2 nitrogen and oxygen atoms in total. The smallest absolute Gasteiger partial charge is 0.155 e. The first-order chi connectivity index (χ1) is 8.58. The molecule has 1 aliphatic carbocycles. The van der Waals surface area contributed by atoms with E-state index in [9.17, 15) is 0 Å². The standard InChI is InChI=1S/C15H21BrO2/c1-10(2)9-17-11(3)18-15-13-7-5-4-6-12(13)8-14(15)16/h4-7,10-11,14-15H,8-9H2,1-3H3. The van der Waals surface area contributed by atoms with E-state index < -0.39 is 0 Å². The SMILES string of the molecule is CC(C)COC(C)OC1c2ccccc2CC1Br. The van der Waals surface area contributed by atoms with Gasteiger partial charge < -0.3 is 9.47 Å². The van der Waals surface area contributed by atoms with Crippen molar-refractivity contribution in [3.63, 3.8) is 0 Å². The van der Waals surface area contributed by atoms with Gasteiger partial charge in [-0.15, -0.1) is 0 Å². The van der Waals surface area contributed by atoms with Crippen LogP contribution in [0.1, 0.15) is 38.0 Å². The maximum atomic E-state index is 6.03. The van der Waals surface area contributed by atoms with Crippen molar-refractivity contribution in [3.8, 4) is 0 Å². The molecular weight excluding hydrogens is 292 g/mol. The highest BCUT2D eigenvalue weighted by molar-refractivity contribution is 9.09. The van der Waals surface area contributed by atoms with Gasteiger partial charge in [0.25, 0.3) is 0 Å². The van der Waals surface area contributed by atoms with Crippen LogP contribution in [0.4, 0.5) is 0 Å². The van der Waals surface area contributed by atoms with Crippen LogP contribution >= 0.6 is 15.9 Å². The molecule has 3 atom stereocenters. The number of hydrogen-bond acceptors (Lipinski definition) is 2. The molecule has 1 aliphatic rings. The number of ether oxygens (including phenoxy) is 2. The van der Waals surface area contributed by atoms with Gasteiger partial charge in [-0.2, -0.15) is 0 Å². The average molecular weight is 313 g/mol. The lowest BCUT2D eigenvalue weighted by Gasteiger charge is -2.23. The van der Waals surface area contributed by atoms with Crippen molar-refractivity contribution in [3.05, 3.63) is 35.4 Å². The lowest BCUT2D eigenvalue weighted by atomic mass is 10.1. The summed E-state index contributed by atoms with van der Waals surface area (Å²) in [5.74, 6) is 0.534. The van der Waals surface area contributed by atoms with Crippen LogP contribution < -0.4 is 0 Å². The zero-order valence-electron chi connectivity index (χ0n) is 11.2. The largest absolute Gasteiger partial charge is 0.353 e. The third-order valence-corrected chi connectivity index (χ3v) is 3.91. The third kappa shape index (κ3) is 3.34. The fourth-order valence-electron chi connectivity index (χ4n) is 2.24. The molecule has 0 saturated carbocycles. The highest BCUT2D eigenvalue weighted by Crippen LogP contribution is 2.39. The first kappa shape index (κ1) is 14.0. The molecule has 0 heterocycles. The van der Waals surface area contributed by atoms with E-state index in [1.165, 1.54) is 11.1 Å². The molecular formula is C15H21BrO2. The van der Waals surface area contributed by atoms with Crippen LogP contribution in [0.25, 0.3) is 0 Å². The zero-order valence-corrected chi connectivity index (χ0v) is 12.8. The summed E-state index contributed by atoms with van der Waals surface area (Å²) in [5.41, 5.74) is 2.67. The molecule has 1 aromatic carbocycles. The average Bonchev–Trinajstić information content (AvgIpc) is 2.64. The number of benzene rings is 1. The molecule has 0 aliphatic heterocycles. The Morgan fingerprint density at radius 3 is 2.72 bits per heavy atom. The molecule has 1 aromatic rings. The van der Waals surface area contributed by atoms with E-state index >= 15 is 0 Å². The van der Waals surface area contributed by atoms with Gasteiger partial charge in [-0.25, -0.2) is 0 Å². The van der Waals surface area contributed by atoms with Gasteiger partial charge in [0, 0.05) is 4.83 Å². The van der Waals surface area contributed by atoms with Crippen LogP contribution in [0, 0.1) is 5.92 Å². The summed E-state index contributed by atoms with van der Waals surface area (Å²) >= 11 is 3.71. The second-order valence-electron chi connectivity index (χ2n) is 5.27. The van der Waals surface area contributed by atoms with Crippen molar-refractivity contribution >= 4 is 15.9 Å². The highest BCUT2D eigenvalue weighted by atomic mass is 79.9. The fraction of sp³-hybridized carbons (Fsp3) is 0.600. The second-order valence-corrected chi connectivity index (χ2v) is 6.45. The van der Waals surface area contributed by atoms with Gasteiger partial charge in [0.2, 0.25) is 0 Å². The van der Waals surface area contributed by atoms with Gasteiger partial charge in [0.15, 0.2) is 6.29 Å². The van der Waals surface area contributed by atoms with E-state index in [4.69, 9.17) is 9.47 Å². The molecule has 0 aromatic heterocycles. The van der Waals surface area contributed by atoms with E-state index in [0.717, 1.165) is 13.0 Å². The summed E-state index contributed by atoms with van der Waals surface area (Å²) in [6.45, 7) is 7.00. The molecule has 0 bridgehead atoms. The molecule has 0 N–H and O–H groups in total. The first-order valence-corrected chi connectivity index (χ1v) is 7.48. The minimum Gasteiger partial charge on any atom is -0.353 e. The lowest BCUT2D eigenvalue weighted by molar-refractivity contribution is -0.164. The van der Waals surface area contributed by atoms with Crippen molar-refractivity contribution in [1.82, 2.24) is 0 Å². The van der Waals surface area contributed by atoms with Crippen LogP contribution in [0.3, 0.4) is 0 Å². The lowest BCUT2D eigenvalue weighted by Crippen LogP contribution is -2.21. The number of fused-ring (bicyclic) bond motifs is 1. The zero-order chi connectivity index (χ0) is 13.1. The van der Waals surface area contributed by atoms with Crippen molar-refractivity contribution < 1.29 is 9.47 Å². The molecule has 2 rings (SSSR count). The molecule has 0 radical (unpaired) electrons. The molecule has 3 heteroatoms. The van der Waals surface area contributed by atoms with Crippen LogP contribution in [0.15, 0.2) is 24.3 Å². The Morgan fingerprint density at radius 2 is 2.00 bits per heavy atom. The number of halogens is 1. The minimum atomic E-state index is -0.163. The van der Waals surface area contributed by atoms with Gasteiger partial charge >= 0.3 is 0 Å². The Hall–Kier alpha value is -0.380. The van der Waals surface area contributed by atoms with E-state index in [2.05, 4.69) is 54.0 Å². The van der Waals surface area contributed by atoms with Gasteiger partial charge in [-0.05, 0) is 30.4 Å². The summed E-state index contributed by atoms with van der Waals surface area (Å²) in [6.07, 6.45) is 0.963. The normalized spacial score (nSPS) is 24.3. The van der Waals surface area contributed by atoms with E-state index in [-0.39, 0.29) is 12.4 Å². The first-order valence-electron chi connectivity index (χ1n) is 6.57. The van der Waals surface area contributed by atoms with Crippen molar-refractivity contribution in [2.24, 2.45) is 5.92 Å². The van der Waals surface area contributed by atoms with Gasteiger partial charge in [0.1, 0.15) is 0 Å². The van der Waals surface area contributed by atoms with Crippen LogP contribution in [-0.2, 0) is 15.9 Å². The molecule has 0 amide bonds. The van der Waals surface area contributed by atoms with Crippen LogP contribution in [-0.4, -0.2) is 17.7 Å². The Bertz CT molecular complexity index is 392. The Morgan fingerprint density at radius 1 is 1.28 bits per heavy atom. The topological polar surface area (TPSA) is 18.5 Å². The predicted molar refractivity (Wildman–Crippen MR) is 76.9 cm³/mol. The van der Waals surface area contributed by atoms with Gasteiger partial charge in [0.05, 0.1) is 12.7 Å². The molecule has 100 valence electrons. The van der Waals surface area contributed by atoms with Crippen molar-refractivity contribution in [2.75, 3.05) is 6.61 Å². The number of hydrogen-bond donors (Lipinski definition) is 0. The highest BCUT2D eigenvalue weighted by Gasteiger charge is 2.32. The maximum Gasteiger partial charge on any atom is 0.155 e. The summed E-state index contributed by atoms with van der Waals surface area (Å²) < 4.78 is 11.7. The Balaban J connectivity index is 1.97. The number of rotatable bonds is 5. The van der Waals surface area contributed by atoms with Crippen LogP contribution in [0.2, 0.25) is 0 Å². The van der Waals surface area contributed by atoms with E-state index in [1.807, 2.05) is 6.92 Å². The summed E-state index contributed by atoms with van der Waals surface area (Å²) in [6, 6.07) is 8.47. The summed E-state index contributed by atoms with van der Waals surface area (Å²) in [5, 5.41) is 0. The molecule has 18 heavy (non-hydrogen) atoms. The van der Waals surface area contributed by atoms with Crippen LogP contribution in [0.5, 0.6) is 0 Å². The predicted octanol–water partition coefficient (Wildman–Crippen LogP) is 4.08. The molecule has 3 unspecified atom stereocenters. The van der Waals surface area contributed by atoms with E-state index in [0.29, 0.717) is 10.7 Å². The molecule has 0 spiro atoms. The summed E-state index contributed by atoms with van der Waals surface area (Å²) in [4.78, 5) is 0.347. The van der Waals surface area contributed by atoms with Crippen molar-refractivity contribution in [2.45, 2.75) is 44.4 Å². The molecule has 0 saturated heterocycles. The third-order valence-electron chi connectivity index (χ3n) is 3.11. The fourth-order valence-corrected chi connectivity index (χ4v) is 3.00. The summed E-state index contributed by atoms with van der Waals surface area (Å²) in [7, 11) is 0. The Kier molecular flexibility index (Phi) is 4.82. The van der Waals surface area contributed by atoms with Crippen molar-refractivity contribution in [1.29, 1.82) is 0 Å².